The van der Waals surface area contributed by atoms with Crippen LogP contribution in [0.4, 0.5) is 17.6 Å². The first-order valence-corrected chi connectivity index (χ1v) is 10.6. The standard InChI is InChI=1S/C24H26F4N2O/c25-23(11-13-29(14-12-23)16-18-7-3-1-4-8-18)17-30(22(31)24(26,27)28)21-15-20(21)19-9-5-2-6-10-19/h1-10,20-21H,11-17H2/t20-,21+/m0/s1. The number of carbonyl (C=O) groups is 1. The number of benzene rings is 2. The van der Waals surface area contributed by atoms with Crippen LogP contribution in [0.3, 0.4) is 0 Å². The van der Waals surface area contributed by atoms with Gasteiger partial charge in [-0.1, -0.05) is 60.7 Å². The van der Waals surface area contributed by atoms with E-state index in [-0.39, 0.29) is 18.8 Å². The zero-order chi connectivity index (χ0) is 22.1. The monoisotopic (exact) mass is 434 g/mol. The van der Waals surface area contributed by atoms with Gasteiger partial charge in [0.1, 0.15) is 5.67 Å². The minimum absolute atomic E-state index is 0.115. The van der Waals surface area contributed by atoms with E-state index >= 15 is 4.39 Å². The first-order chi connectivity index (χ1) is 14.8. The van der Waals surface area contributed by atoms with Gasteiger partial charge >= 0.3 is 12.1 Å². The summed E-state index contributed by atoms with van der Waals surface area (Å²) in [5.74, 6) is -2.10. The molecule has 1 saturated carbocycles. The number of piperidine rings is 1. The van der Waals surface area contributed by atoms with Gasteiger partial charge in [0.25, 0.3) is 0 Å². The van der Waals surface area contributed by atoms with Crippen LogP contribution in [0, 0.1) is 0 Å². The number of nitrogens with zero attached hydrogens (tertiary/aromatic N) is 2. The summed E-state index contributed by atoms with van der Waals surface area (Å²) < 4.78 is 55.4. The topological polar surface area (TPSA) is 23.6 Å². The molecule has 1 amide bonds. The Hall–Kier alpha value is -2.41. The summed E-state index contributed by atoms with van der Waals surface area (Å²) in [6.45, 7) is 1.08. The third-order valence-corrected chi connectivity index (χ3v) is 6.34. The van der Waals surface area contributed by atoms with Gasteiger partial charge in [-0.25, -0.2) is 4.39 Å². The number of carbonyl (C=O) groups excluding carboxylic acids is 1. The van der Waals surface area contributed by atoms with Crippen molar-refractivity contribution in [3.63, 3.8) is 0 Å². The molecule has 1 saturated heterocycles. The predicted octanol–water partition coefficient (Wildman–Crippen LogP) is 4.94. The van der Waals surface area contributed by atoms with Crippen LogP contribution < -0.4 is 0 Å². The van der Waals surface area contributed by atoms with Crippen molar-refractivity contribution < 1.29 is 22.4 Å². The second-order valence-electron chi connectivity index (χ2n) is 8.66. The molecule has 2 atom stereocenters. The van der Waals surface area contributed by atoms with E-state index < -0.39 is 30.3 Å². The molecule has 4 rings (SSSR count). The lowest BCUT2D eigenvalue weighted by molar-refractivity contribution is -0.188. The van der Waals surface area contributed by atoms with E-state index in [1.54, 1.807) is 0 Å². The van der Waals surface area contributed by atoms with Crippen LogP contribution in [0.1, 0.15) is 36.3 Å². The van der Waals surface area contributed by atoms with E-state index in [2.05, 4.69) is 4.90 Å². The Bertz CT molecular complexity index is 879. The maximum absolute atomic E-state index is 15.6. The molecule has 31 heavy (non-hydrogen) atoms. The Kier molecular flexibility index (Phi) is 6.06. The Labute approximate surface area is 179 Å². The van der Waals surface area contributed by atoms with Crippen LogP contribution in [-0.4, -0.2) is 53.2 Å². The van der Waals surface area contributed by atoms with Crippen LogP contribution in [0.25, 0.3) is 0 Å². The number of alkyl halides is 4. The Balaban J connectivity index is 1.42. The molecule has 2 aromatic rings. The molecule has 2 aromatic carbocycles. The lowest BCUT2D eigenvalue weighted by atomic mass is 9.92. The molecule has 2 aliphatic rings. The van der Waals surface area contributed by atoms with Gasteiger partial charge in [0.15, 0.2) is 0 Å². The van der Waals surface area contributed by atoms with Crippen molar-refractivity contribution in [2.45, 2.75) is 49.6 Å². The molecule has 0 aromatic heterocycles. The van der Waals surface area contributed by atoms with Crippen LogP contribution in [0.5, 0.6) is 0 Å². The van der Waals surface area contributed by atoms with Crippen LogP contribution in [0.2, 0.25) is 0 Å². The van der Waals surface area contributed by atoms with E-state index in [4.69, 9.17) is 0 Å². The summed E-state index contributed by atoms with van der Waals surface area (Å²) in [4.78, 5) is 15.0. The summed E-state index contributed by atoms with van der Waals surface area (Å²) in [6.07, 6.45) is -4.34. The zero-order valence-electron chi connectivity index (χ0n) is 17.2. The lowest BCUT2D eigenvalue weighted by Crippen LogP contribution is -2.53. The summed E-state index contributed by atoms with van der Waals surface area (Å²) >= 11 is 0. The Morgan fingerprint density at radius 1 is 1.00 bits per heavy atom. The van der Waals surface area contributed by atoms with Gasteiger partial charge in [-0.15, -0.1) is 0 Å². The van der Waals surface area contributed by atoms with E-state index in [1.165, 1.54) is 0 Å². The molecule has 2 fully saturated rings. The van der Waals surface area contributed by atoms with E-state index in [0.717, 1.165) is 16.0 Å². The molecular weight excluding hydrogens is 408 g/mol. The van der Waals surface area contributed by atoms with Gasteiger partial charge < -0.3 is 4.90 Å². The Morgan fingerprint density at radius 2 is 1.58 bits per heavy atom. The van der Waals surface area contributed by atoms with Crippen LogP contribution >= 0.6 is 0 Å². The van der Waals surface area contributed by atoms with Gasteiger partial charge in [-0.2, -0.15) is 13.2 Å². The van der Waals surface area contributed by atoms with Gasteiger partial charge in [0.05, 0.1) is 6.54 Å². The van der Waals surface area contributed by atoms with Crippen molar-refractivity contribution in [2.75, 3.05) is 19.6 Å². The highest BCUT2D eigenvalue weighted by Crippen LogP contribution is 2.47. The van der Waals surface area contributed by atoms with Crippen molar-refractivity contribution in [3.05, 3.63) is 71.8 Å². The summed E-state index contributed by atoms with van der Waals surface area (Å²) in [5.41, 5.74) is 0.197. The second-order valence-corrected chi connectivity index (χ2v) is 8.66. The highest BCUT2D eigenvalue weighted by molar-refractivity contribution is 5.82. The van der Waals surface area contributed by atoms with E-state index in [1.807, 2.05) is 60.7 Å². The first-order valence-electron chi connectivity index (χ1n) is 10.6. The normalized spacial score (nSPS) is 23.4. The van der Waals surface area contributed by atoms with Crippen molar-refractivity contribution in [1.82, 2.24) is 9.80 Å². The average molecular weight is 434 g/mol. The number of hydrogen-bond acceptors (Lipinski definition) is 2. The molecule has 0 bridgehead atoms. The van der Waals surface area contributed by atoms with Crippen molar-refractivity contribution >= 4 is 5.91 Å². The summed E-state index contributed by atoms with van der Waals surface area (Å²) in [5, 5.41) is 0. The molecule has 0 N–H and O–H groups in total. The molecule has 0 radical (unpaired) electrons. The van der Waals surface area contributed by atoms with Crippen molar-refractivity contribution in [1.29, 1.82) is 0 Å². The van der Waals surface area contributed by atoms with Gasteiger partial charge in [-0.05, 0) is 30.4 Å². The quantitative estimate of drug-likeness (QED) is 0.602. The maximum Gasteiger partial charge on any atom is 0.471 e. The molecule has 3 nitrogen and oxygen atoms in total. The number of hydrogen-bond donors (Lipinski definition) is 0. The largest absolute Gasteiger partial charge is 0.471 e. The third kappa shape index (κ3) is 5.26. The lowest BCUT2D eigenvalue weighted by Gasteiger charge is -2.39. The van der Waals surface area contributed by atoms with E-state index in [0.29, 0.717) is 26.1 Å². The SMILES string of the molecule is O=C(N(CC1(F)CCN(Cc2ccccc2)CC1)[C@@H]1C[C@H]1c1ccccc1)C(F)(F)F. The molecule has 1 aliphatic heterocycles. The third-order valence-electron chi connectivity index (χ3n) is 6.34. The molecule has 0 spiro atoms. The predicted molar refractivity (Wildman–Crippen MR) is 110 cm³/mol. The number of amides is 1. The minimum atomic E-state index is -5.01. The second kappa shape index (κ2) is 8.61. The molecular formula is C24H26F4N2O. The molecule has 1 heterocycles. The Morgan fingerprint density at radius 3 is 2.16 bits per heavy atom. The fourth-order valence-corrected chi connectivity index (χ4v) is 4.50. The zero-order valence-corrected chi connectivity index (χ0v) is 17.2. The number of likely N-dealkylation sites (tertiary alicyclic amines) is 1. The highest BCUT2D eigenvalue weighted by Gasteiger charge is 2.54. The smallest absolute Gasteiger partial charge is 0.328 e. The molecule has 7 heteroatoms. The fourth-order valence-electron chi connectivity index (χ4n) is 4.50. The first kappa shape index (κ1) is 21.8. The van der Waals surface area contributed by atoms with Crippen molar-refractivity contribution in [2.24, 2.45) is 0 Å². The summed E-state index contributed by atoms with van der Waals surface area (Å²) in [6, 6.07) is 18.4. The molecule has 166 valence electrons. The highest BCUT2D eigenvalue weighted by atomic mass is 19.4. The van der Waals surface area contributed by atoms with Crippen LogP contribution in [-0.2, 0) is 11.3 Å². The summed E-state index contributed by atoms with van der Waals surface area (Å²) in [7, 11) is 0. The van der Waals surface area contributed by atoms with E-state index in [9.17, 15) is 18.0 Å². The fraction of sp³-hybridized carbons (Fsp3) is 0.458. The minimum Gasteiger partial charge on any atom is -0.328 e. The number of rotatable bonds is 6. The molecule has 1 aliphatic carbocycles. The maximum atomic E-state index is 15.6. The molecule has 0 unspecified atom stereocenters. The van der Waals surface area contributed by atoms with Gasteiger partial charge in [-0.3, -0.25) is 9.69 Å². The average Bonchev–Trinajstić information content (AvgIpc) is 3.55. The number of halogens is 4. The van der Waals surface area contributed by atoms with Crippen LogP contribution in [0.15, 0.2) is 60.7 Å². The van der Waals surface area contributed by atoms with Crippen molar-refractivity contribution in [3.8, 4) is 0 Å². The van der Waals surface area contributed by atoms with Gasteiger partial charge in [0, 0.05) is 31.6 Å². The van der Waals surface area contributed by atoms with Gasteiger partial charge in [0.2, 0.25) is 0 Å².